The number of hydrogen-bond acceptors (Lipinski definition) is 0. The van der Waals surface area contributed by atoms with Crippen LogP contribution >= 0.6 is 0 Å². The van der Waals surface area contributed by atoms with Crippen molar-refractivity contribution in [2.75, 3.05) is 0 Å². The molecule has 1 aromatic rings. The normalized spacial score (nSPS) is 5.00. The molecule has 0 radical (unpaired) electrons. The number of hydrogen-bond donors (Lipinski definition) is 0. The van der Waals surface area contributed by atoms with Gasteiger partial charge in [0.25, 0.3) is 0 Å². The van der Waals surface area contributed by atoms with Crippen LogP contribution in [0.25, 0.3) is 0 Å². The molecule has 0 bridgehead atoms. The average molecular weight is 362 g/mol. The molecule has 0 nitrogen and oxygen atoms in total. The molecule has 1 aromatic carbocycles. The van der Waals surface area contributed by atoms with Crippen LogP contribution in [-0.2, 0) is 0 Å². The van der Waals surface area contributed by atoms with E-state index in [1.54, 1.807) is 0 Å². The van der Waals surface area contributed by atoms with Crippen molar-refractivity contribution in [3.05, 3.63) is 50.2 Å². The second kappa shape index (κ2) is 18.6. The molecule has 0 heterocycles. The zero-order chi connectivity index (χ0) is 5.11. The van der Waals surface area contributed by atoms with Crippen LogP contribution < -0.4 is 41.0 Å². The quantitative estimate of drug-likeness (QED) is 0.249. The second-order valence-corrected chi connectivity index (χ2v) is 1.49. The topological polar surface area (TPSA) is 0 Å². The maximum absolute atomic E-state index is 3.72. The molecule has 0 saturated heterocycles. The molecule has 0 aliphatic carbocycles. The summed E-state index contributed by atoms with van der Waals surface area (Å²) in [6, 6.07) is 9.87. The molecule has 12 heavy (non-hydrogen) atoms. The van der Waals surface area contributed by atoms with Crippen molar-refractivity contribution in [1.82, 2.24) is 0 Å². The van der Waals surface area contributed by atoms with Gasteiger partial charge in [-0.25, -0.2) is 0 Å². The van der Waals surface area contributed by atoms with Crippen molar-refractivity contribution >= 4 is 46.1 Å². The molecule has 4 heteroatoms. The molecule has 0 N–H and O–H groups in total. The van der Waals surface area contributed by atoms with Gasteiger partial charge in [-0.05, 0) is 0 Å². The number of rotatable bonds is 0. The van der Waals surface area contributed by atoms with Crippen LogP contribution in [-0.4, -0.2) is 46.1 Å². The molecule has 0 atom stereocenters. The number of benzene rings is 1. The summed E-state index contributed by atoms with van der Waals surface area (Å²) in [5.74, 6) is 0. The van der Waals surface area contributed by atoms with Crippen molar-refractivity contribution in [2.24, 2.45) is 0 Å². The smallest absolute Gasteiger partial charge is 1.00 e. The first-order valence-corrected chi connectivity index (χ1v) is 2.26. The van der Waals surface area contributed by atoms with Gasteiger partial charge in [0, 0.05) is 0 Å². The summed E-state index contributed by atoms with van der Waals surface area (Å²) in [7, 11) is 0. The van der Waals surface area contributed by atoms with Gasteiger partial charge in [-0.3, -0.25) is 0 Å². The standard InChI is InChI=1S/C7H7.CH3.BrH.HI.2Mg/c1-7-5-3-2-4-6-7;;;;;/h2-6H,1H2;1H3;2*1H;;/q2*-1;;;2*+2/p-2. The molecule has 0 saturated carbocycles. The molecule has 0 aliphatic heterocycles. The van der Waals surface area contributed by atoms with Crippen LogP contribution in [0.4, 0.5) is 0 Å². The van der Waals surface area contributed by atoms with Gasteiger partial charge in [-0.2, -0.15) is 24.6 Å². The van der Waals surface area contributed by atoms with Crippen LogP contribution in [0.5, 0.6) is 0 Å². The Morgan fingerprint density at radius 2 is 1.25 bits per heavy atom. The van der Waals surface area contributed by atoms with E-state index in [-0.39, 0.29) is 94.5 Å². The average Bonchev–Trinajstić information content (AvgIpc) is 1.69. The predicted molar refractivity (Wildman–Crippen MR) is 48.8 cm³/mol. The molecule has 0 fully saturated rings. The van der Waals surface area contributed by atoms with Crippen molar-refractivity contribution < 1.29 is 41.0 Å². The zero-order valence-electron chi connectivity index (χ0n) is 7.26. The van der Waals surface area contributed by atoms with Gasteiger partial charge in [0.1, 0.15) is 0 Å². The Kier molecular flexibility index (Phi) is 45.2. The molecule has 0 amide bonds. The van der Waals surface area contributed by atoms with E-state index >= 15 is 0 Å². The molecular formula is C8H10BrIMg2. The first kappa shape index (κ1) is 29.2. The third-order valence-electron chi connectivity index (χ3n) is 0.843. The Morgan fingerprint density at radius 1 is 0.917 bits per heavy atom. The minimum Gasteiger partial charge on any atom is -1.00 e. The summed E-state index contributed by atoms with van der Waals surface area (Å²) in [5, 5.41) is 0. The van der Waals surface area contributed by atoms with Gasteiger partial charge in [0.15, 0.2) is 0 Å². The Balaban J connectivity index is -0.0000000327. The summed E-state index contributed by atoms with van der Waals surface area (Å²) in [4.78, 5) is 0. The first-order chi connectivity index (χ1) is 3.39. The molecule has 0 unspecified atom stereocenters. The molecule has 0 spiro atoms. The van der Waals surface area contributed by atoms with Crippen LogP contribution in [0.2, 0.25) is 0 Å². The molecule has 0 aromatic heterocycles. The van der Waals surface area contributed by atoms with Gasteiger partial charge in [-0.1, -0.05) is 6.07 Å². The fourth-order valence-electron chi connectivity index (χ4n) is 0.478. The van der Waals surface area contributed by atoms with Gasteiger partial charge in [0.2, 0.25) is 0 Å². The SMILES string of the molecule is [Br-].[CH2-]c1ccccc1.[CH3-].[I-].[Mg+2].[Mg+2]. The minimum absolute atomic E-state index is 0. The molecular weight excluding hydrogens is 352 g/mol. The first-order valence-electron chi connectivity index (χ1n) is 2.26. The van der Waals surface area contributed by atoms with E-state index < -0.39 is 0 Å². The van der Waals surface area contributed by atoms with Crippen molar-refractivity contribution in [2.45, 2.75) is 0 Å². The summed E-state index contributed by atoms with van der Waals surface area (Å²) in [6.07, 6.45) is 0. The van der Waals surface area contributed by atoms with Crippen LogP contribution in [0.3, 0.4) is 0 Å². The van der Waals surface area contributed by atoms with E-state index in [1.807, 2.05) is 30.3 Å². The Morgan fingerprint density at radius 3 is 1.42 bits per heavy atom. The third kappa shape index (κ3) is 14.4. The zero-order valence-corrected chi connectivity index (χ0v) is 13.8. The van der Waals surface area contributed by atoms with Gasteiger partial charge in [-0.15, -0.1) is 12.1 Å². The summed E-state index contributed by atoms with van der Waals surface area (Å²) >= 11 is 0. The van der Waals surface area contributed by atoms with Crippen molar-refractivity contribution in [3.63, 3.8) is 0 Å². The van der Waals surface area contributed by atoms with Gasteiger partial charge in [0.05, 0.1) is 0 Å². The fourth-order valence-corrected chi connectivity index (χ4v) is 0.478. The summed E-state index contributed by atoms with van der Waals surface area (Å²) in [6.45, 7) is 3.72. The van der Waals surface area contributed by atoms with E-state index in [0.717, 1.165) is 5.56 Å². The third-order valence-corrected chi connectivity index (χ3v) is 0.843. The monoisotopic (exact) mass is 360 g/mol. The Hall–Kier alpha value is 1.83. The van der Waals surface area contributed by atoms with Crippen molar-refractivity contribution in [1.29, 1.82) is 0 Å². The van der Waals surface area contributed by atoms with Crippen LogP contribution in [0.15, 0.2) is 30.3 Å². The van der Waals surface area contributed by atoms with Gasteiger partial charge >= 0.3 is 46.1 Å². The van der Waals surface area contributed by atoms with E-state index in [9.17, 15) is 0 Å². The molecule has 1 rings (SSSR count). The largest absolute Gasteiger partial charge is 2.00 e. The summed E-state index contributed by atoms with van der Waals surface area (Å²) < 4.78 is 0. The Bertz CT molecular complexity index is 147. The van der Waals surface area contributed by atoms with Crippen LogP contribution in [0.1, 0.15) is 5.56 Å². The molecule has 60 valence electrons. The van der Waals surface area contributed by atoms with E-state index in [0.29, 0.717) is 0 Å². The van der Waals surface area contributed by atoms with Gasteiger partial charge < -0.3 is 48.4 Å². The number of halogens is 2. The van der Waals surface area contributed by atoms with E-state index in [4.69, 9.17) is 0 Å². The minimum atomic E-state index is 0. The van der Waals surface area contributed by atoms with E-state index in [1.165, 1.54) is 0 Å². The molecule has 0 aliphatic rings. The maximum atomic E-state index is 3.72. The maximum Gasteiger partial charge on any atom is 2.00 e. The van der Waals surface area contributed by atoms with Crippen LogP contribution in [0, 0.1) is 14.4 Å². The second-order valence-electron chi connectivity index (χ2n) is 1.49. The Labute approximate surface area is 135 Å². The fraction of sp³-hybridized carbons (Fsp3) is 0. The predicted octanol–water partition coefficient (Wildman–Crippen LogP) is -4.43. The van der Waals surface area contributed by atoms with E-state index in [2.05, 4.69) is 6.92 Å². The summed E-state index contributed by atoms with van der Waals surface area (Å²) in [5.41, 5.74) is 1.07. The van der Waals surface area contributed by atoms with Crippen molar-refractivity contribution in [3.8, 4) is 0 Å².